The lowest BCUT2D eigenvalue weighted by atomic mass is 10.1. The highest BCUT2D eigenvalue weighted by Crippen LogP contribution is 2.27. The number of ether oxygens (including phenoxy) is 1. The fourth-order valence-corrected chi connectivity index (χ4v) is 2.26. The minimum Gasteiger partial charge on any atom is -0.406 e. The summed E-state index contributed by atoms with van der Waals surface area (Å²) in [5.74, 6) is -0.246. The Labute approximate surface area is 106 Å². The molecule has 0 aliphatic carbocycles. The maximum atomic E-state index is 12.0. The van der Waals surface area contributed by atoms with Crippen LogP contribution in [-0.4, -0.2) is 6.36 Å². The van der Waals surface area contributed by atoms with Crippen molar-refractivity contribution >= 4 is 11.3 Å². The molecule has 1 aromatic heterocycles. The number of halogens is 3. The average Bonchev–Trinajstić information content (AvgIpc) is 2.80. The molecule has 1 heterocycles. The number of hydrogen-bond donors (Lipinski definition) is 1. The standard InChI is InChI=1S/C12H10F3NOS/c13-12(14,15)17-9-5-3-8(4-6-9)11(16)10-2-1-7-18-10/h1-7,11H,16H2. The van der Waals surface area contributed by atoms with Gasteiger partial charge in [0, 0.05) is 4.88 Å². The Bertz CT molecular complexity index is 493. The van der Waals surface area contributed by atoms with Crippen molar-refractivity contribution in [2.24, 2.45) is 5.73 Å². The first kappa shape index (κ1) is 12.9. The van der Waals surface area contributed by atoms with Crippen molar-refractivity contribution in [3.8, 4) is 5.75 Å². The van der Waals surface area contributed by atoms with E-state index in [-0.39, 0.29) is 11.8 Å². The van der Waals surface area contributed by atoms with Crippen LogP contribution in [-0.2, 0) is 0 Å². The Morgan fingerprint density at radius 2 is 1.78 bits per heavy atom. The Morgan fingerprint density at radius 3 is 2.28 bits per heavy atom. The maximum absolute atomic E-state index is 12.0. The predicted molar refractivity (Wildman–Crippen MR) is 63.5 cm³/mol. The molecule has 96 valence electrons. The van der Waals surface area contributed by atoms with E-state index in [9.17, 15) is 13.2 Å². The van der Waals surface area contributed by atoms with E-state index < -0.39 is 6.36 Å². The largest absolute Gasteiger partial charge is 0.573 e. The average molecular weight is 273 g/mol. The van der Waals surface area contributed by atoms with Crippen molar-refractivity contribution in [1.82, 2.24) is 0 Å². The van der Waals surface area contributed by atoms with Crippen LogP contribution in [0.3, 0.4) is 0 Å². The summed E-state index contributed by atoms with van der Waals surface area (Å²) in [5, 5.41) is 1.90. The summed E-state index contributed by atoms with van der Waals surface area (Å²) in [6.45, 7) is 0. The van der Waals surface area contributed by atoms with Gasteiger partial charge in [0.25, 0.3) is 0 Å². The molecule has 0 amide bonds. The molecule has 1 atom stereocenters. The quantitative estimate of drug-likeness (QED) is 0.925. The van der Waals surface area contributed by atoms with Gasteiger partial charge in [-0.25, -0.2) is 0 Å². The number of rotatable bonds is 3. The minimum atomic E-state index is -4.67. The van der Waals surface area contributed by atoms with Crippen molar-refractivity contribution in [3.05, 3.63) is 52.2 Å². The third-order valence-corrected chi connectivity index (χ3v) is 3.28. The van der Waals surface area contributed by atoms with E-state index >= 15 is 0 Å². The summed E-state index contributed by atoms with van der Waals surface area (Å²) in [6, 6.07) is 9.02. The minimum absolute atomic E-state index is 0.246. The van der Waals surface area contributed by atoms with Crippen LogP contribution >= 0.6 is 11.3 Å². The van der Waals surface area contributed by atoms with Gasteiger partial charge >= 0.3 is 6.36 Å². The highest BCUT2D eigenvalue weighted by Gasteiger charge is 2.31. The molecule has 1 unspecified atom stereocenters. The van der Waals surface area contributed by atoms with Gasteiger partial charge in [-0.3, -0.25) is 0 Å². The molecule has 6 heteroatoms. The Balaban J connectivity index is 2.13. The molecule has 2 rings (SSSR count). The van der Waals surface area contributed by atoms with Crippen LogP contribution < -0.4 is 10.5 Å². The molecule has 0 saturated carbocycles. The van der Waals surface area contributed by atoms with Crippen molar-refractivity contribution < 1.29 is 17.9 Å². The van der Waals surface area contributed by atoms with Gasteiger partial charge in [-0.2, -0.15) is 0 Å². The molecule has 0 radical (unpaired) electrons. The first-order valence-electron chi connectivity index (χ1n) is 5.10. The molecule has 0 bridgehead atoms. The van der Waals surface area contributed by atoms with Gasteiger partial charge < -0.3 is 10.5 Å². The molecule has 2 aromatic rings. The Morgan fingerprint density at radius 1 is 1.11 bits per heavy atom. The summed E-state index contributed by atoms with van der Waals surface area (Å²) >= 11 is 1.50. The number of nitrogens with two attached hydrogens (primary N) is 1. The monoisotopic (exact) mass is 273 g/mol. The maximum Gasteiger partial charge on any atom is 0.573 e. The molecule has 0 aliphatic rings. The van der Waals surface area contributed by atoms with Crippen molar-refractivity contribution in [3.63, 3.8) is 0 Å². The molecule has 2 N–H and O–H groups in total. The third-order valence-electron chi connectivity index (χ3n) is 2.32. The van der Waals surface area contributed by atoms with Crippen LogP contribution in [0.5, 0.6) is 5.75 Å². The van der Waals surface area contributed by atoms with E-state index in [4.69, 9.17) is 5.73 Å². The molecule has 1 aromatic carbocycles. The molecule has 0 aliphatic heterocycles. The number of thiophene rings is 1. The van der Waals surface area contributed by atoms with E-state index in [0.29, 0.717) is 0 Å². The van der Waals surface area contributed by atoms with Crippen LogP contribution in [0.15, 0.2) is 41.8 Å². The number of benzene rings is 1. The second kappa shape index (κ2) is 4.99. The van der Waals surface area contributed by atoms with Gasteiger partial charge in [-0.1, -0.05) is 18.2 Å². The van der Waals surface area contributed by atoms with E-state index in [1.165, 1.54) is 35.6 Å². The predicted octanol–water partition coefficient (Wildman–Crippen LogP) is 3.69. The molecule has 18 heavy (non-hydrogen) atoms. The van der Waals surface area contributed by atoms with Gasteiger partial charge in [0.15, 0.2) is 0 Å². The smallest absolute Gasteiger partial charge is 0.406 e. The fourth-order valence-electron chi connectivity index (χ4n) is 1.51. The molecular weight excluding hydrogens is 263 g/mol. The lowest BCUT2D eigenvalue weighted by Crippen LogP contribution is -2.17. The van der Waals surface area contributed by atoms with Gasteiger partial charge in [0.2, 0.25) is 0 Å². The van der Waals surface area contributed by atoms with Crippen molar-refractivity contribution in [1.29, 1.82) is 0 Å². The van der Waals surface area contributed by atoms with Crippen LogP contribution in [0.2, 0.25) is 0 Å². The third kappa shape index (κ3) is 3.24. The fraction of sp³-hybridized carbons (Fsp3) is 0.167. The topological polar surface area (TPSA) is 35.2 Å². The lowest BCUT2D eigenvalue weighted by molar-refractivity contribution is -0.274. The van der Waals surface area contributed by atoms with Crippen LogP contribution in [0, 0.1) is 0 Å². The van der Waals surface area contributed by atoms with Gasteiger partial charge in [0.1, 0.15) is 5.75 Å². The summed E-state index contributed by atoms with van der Waals surface area (Å²) in [4.78, 5) is 0.958. The second-order valence-electron chi connectivity index (χ2n) is 3.61. The molecular formula is C12H10F3NOS. The van der Waals surface area contributed by atoms with E-state index in [1.807, 2.05) is 17.5 Å². The van der Waals surface area contributed by atoms with Gasteiger partial charge in [-0.05, 0) is 29.1 Å². The lowest BCUT2D eigenvalue weighted by Gasteiger charge is -2.12. The number of hydrogen-bond acceptors (Lipinski definition) is 3. The van der Waals surface area contributed by atoms with E-state index in [2.05, 4.69) is 4.74 Å². The van der Waals surface area contributed by atoms with Gasteiger partial charge in [0.05, 0.1) is 6.04 Å². The van der Waals surface area contributed by atoms with Crippen LogP contribution in [0.25, 0.3) is 0 Å². The zero-order chi connectivity index (χ0) is 13.2. The summed E-state index contributed by atoms with van der Waals surface area (Å²) in [6.07, 6.45) is -4.67. The zero-order valence-electron chi connectivity index (χ0n) is 9.15. The van der Waals surface area contributed by atoms with Crippen molar-refractivity contribution in [2.75, 3.05) is 0 Å². The van der Waals surface area contributed by atoms with Crippen molar-refractivity contribution in [2.45, 2.75) is 12.4 Å². The molecule has 0 spiro atoms. The van der Waals surface area contributed by atoms with E-state index in [0.717, 1.165) is 10.4 Å². The second-order valence-corrected chi connectivity index (χ2v) is 4.59. The Hall–Kier alpha value is -1.53. The summed E-state index contributed by atoms with van der Waals surface area (Å²) in [7, 11) is 0. The highest BCUT2D eigenvalue weighted by molar-refractivity contribution is 7.10. The molecule has 0 saturated heterocycles. The normalized spacial score (nSPS) is 13.3. The van der Waals surface area contributed by atoms with E-state index in [1.54, 1.807) is 0 Å². The number of alkyl halides is 3. The van der Waals surface area contributed by atoms with Gasteiger partial charge in [-0.15, -0.1) is 24.5 Å². The Kier molecular flexibility index (Phi) is 3.58. The SMILES string of the molecule is NC(c1ccc(OC(F)(F)F)cc1)c1cccs1. The first-order chi connectivity index (χ1) is 8.46. The highest BCUT2D eigenvalue weighted by atomic mass is 32.1. The zero-order valence-corrected chi connectivity index (χ0v) is 9.96. The molecule has 2 nitrogen and oxygen atoms in total. The van der Waals surface area contributed by atoms with Crippen LogP contribution in [0.4, 0.5) is 13.2 Å². The summed E-state index contributed by atoms with van der Waals surface area (Å²) < 4.78 is 39.7. The molecule has 0 fully saturated rings. The first-order valence-corrected chi connectivity index (χ1v) is 5.98. The van der Waals surface area contributed by atoms with Crippen LogP contribution in [0.1, 0.15) is 16.5 Å². The summed E-state index contributed by atoms with van der Waals surface area (Å²) in [5.41, 5.74) is 6.73.